The van der Waals surface area contributed by atoms with Gasteiger partial charge in [0.05, 0.1) is 6.54 Å². The molecule has 2 aliphatic heterocycles. The predicted octanol–water partition coefficient (Wildman–Crippen LogP) is 5.67. The second-order valence-corrected chi connectivity index (χ2v) is 10.6. The summed E-state index contributed by atoms with van der Waals surface area (Å²) in [7, 11) is -0.862. The van der Waals surface area contributed by atoms with Crippen LogP contribution < -0.4 is 4.90 Å². The molecule has 33 heavy (non-hydrogen) atoms. The Morgan fingerprint density at radius 2 is 1.82 bits per heavy atom. The fraction of sp³-hybridized carbons (Fsp3) is 0.364. The number of rotatable bonds is 5. The Labute approximate surface area is 200 Å². The van der Waals surface area contributed by atoms with Gasteiger partial charge in [-0.15, -0.1) is 0 Å². The summed E-state index contributed by atoms with van der Waals surface area (Å²) in [4.78, 5) is 26.0. The van der Waals surface area contributed by atoms with Gasteiger partial charge in [0.1, 0.15) is 0 Å². The van der Waals surface area contributed by atoms with E-state index in [4.69, 9.17) is 27.9 Å². The van der Waals surface area contributed by atoms with Gasteiger partial charge >= 0.3 is 12.3 Å². The van der Waals surface area contributed by atoms with Gasteiger partial charge in [-0.05, 0) is 54.8 Å². The van der Waals surface area contributed by atoms with E-state index in [2.05, 4.69) is 0 Å². The Balaban J connectivity index is 1.63. The maximum Gasteiger partial charge on any atom is 0.434 e. The number of carbonyl (C=O) groups excluding carboxylic acids is 2. The van der Waals surface area contributed by atoms with Crippen LogP contribution >= 0.6 is 23.2 Å². The first-order valence-corrected chi connectivity index (χ1v) is 12.2. The van der Waals surface area contributed by atoms with Crippen molar-refractivity contribution in [3.05, 3.63) is 63.1 Å². The van der Waals surface area contributed by atoms with Crippen LogP contribution in [-0.4, -0.2) is 40.3 Å². The molecule has 1 atom stereocenters. The SMILES string of the molecule is Cc1cc(N2CC(c3cc(Cl)cc(Cl)c3)(C(F)(F)F)OC2=O)ccc1C(=O)CC1CS(=O)C1. The number of hydrogen-bond donors (Lipinski definition) is 0. The second kappa shape index (κ2) is 8.60. The maximum atomic E-state index is 14.2. The number of cyclic esters (lactones) is 1. The molecule has 2 aromatic carbocycles. The Bertz CT molecular complexity index is 1140. The third kappa shape index (κ3) is 4.50. The number of hydrogen-bond acceptors (Lipinski definition) is 4. The van der Waals surface area contributed by atoms with Gasteiger partial charge in [-0.2, -0.15) is 13.2 Å². The number of amides is 1. The lowest BCUT2D eigenvalue weighted by Gasteiger charge is -2.30. The van der Waals surface area contributed by atoms with Crippen molar-refractivity contribution in [2.45, 2.75) is 25.1 Å². The minimum atomic E-state index is -4.95. The van der Waals surface area contributed by atoms with E-state index in [0.717, 1.165) is 17.0 Å². The highest BCUT2D eigenvalue weighted by Gasteiger charge is 2.65. The summed E-state index contributed by atoms with van der Waals surface area (Å²) in [5, 5.41) is -0.0470. The minimum Gasteiger partial charge on any atom is -0.426 e. The van der Waals surface area contributed by atoms with Crippen LogP contribution in [0.2, 0.25) is 10.0 Å². The summed E-state index contributed by atoms with van der Waals surface area (Å²) in [6.07, 6.45) is -5.87. The molecule has 1 unspecified atom stereocenters. The van der Waals surface area contributed by atoms with E-state index < -0.39 is 35.2 Å². The van der Waals surface area contributed by atoms with Gasteiger partial charge in [-0.25, -0.2) is 4.79 Å². The van der Waals surface area contributed by atoms with Crippen molar-refractivity contribution in [3.63, 3.8) is 0 Å². The normalized spacial score (nSPS) is 25.0. The highest BCUT2D eigenvalue weighted by molar-refractivity contribution is 7.86. The summed E-state index contributed by atoms with van der Waals surface area (Å²) in [6, 6.07) is 7.80. The van der Waals surface area contributed by atoms with Crippen LogP contribution in [0.15, 0.2) is 36.4 Å². The molecule has 2 saturated heterocycles. The Kier molecular flexibility index (Phi) is 6.26. The molecule has 0 aliphatic carbocycles. The Hall–Kier alpha value is -2.10. The average Bonchev–Trinajstić information content (AvgIpc) is 3.04. The summed E-state index contributed by atoms with van der Waals surface area (Å²) >= 11 is 11.8. The highest BCUT2D eigenvalue weighted by atomic mass is 35.5. The quantitative estimate of drug-likeness (QED) is 0.477. The third-order valence-corrected chi connectivity index (χ3v) is 7.91. The minimum absolute atomic E-state index is 0.0235. The number of halogens is 5. The van der Waals surface area contributed by atoms with Crippen LogP contribution in [0, 0.1) is 12.8 Å². The Morgan fingerprint density at radius 3 is 2.36 bits per heavy atom. The van der Waals surface area contributed by atoms with Crippen LogP contribution in [0.4, 0.5) is 23.7 Å². The molecule has 2 heterocycles. The molecule has 176 valence electrons. The first-order chi connectivity index (χ1) is 15.4. The van der Waals surface area contributed by atoms with Crippen molar-refractivity contribution in [2.75, 3.05) is 23.0 Å². The third-order valence-electron chi connectivity index (χ3n) is 5.79. The summed E-state index contributed by atoms with van der Waals surface area (Å²) in [5.41, 5.74) is -2.25. The first-order valence-electron chi connectivity index (χ1n) is 9.92. The van der Waals surface area contributed by atoms with Gasteiger partial charge < -0.3 is 4.74 Å². The average molecular weight is 520 g/mol. The zero-order chi connectivity index (χ0) is 24.1. The maximum absolute atomic E-state index is 14.2. The van der Waals surface area contributed by atoms with E-state index in [1.54, 1.807) is 6.92 Å². The van der Waals surface area contributed by atoms with E-state index in [1.807, 2.05) is 0 Å². The topological polar surface area (TPSA) is 63.7 Å². The second-order valence-electron chi connectivity index (χ2n) is 8.20. The molecular formula is C22H18Cl2F3NO4S. The molecule has 0 N–H and O–H groups in total. The van der Waals surface area contributed by atoms with Crippen molar-refractivity contribution >= 4 is 51.6 Å². The van der Waals surface area contributed by atoms with E-state index in [0.29, 0.717) is 22.6 Å². The van der Waals surface area contributed by atoms with E-state index in [9.17, 15) is 27.0 Å². The Morgan fingerprint density at radius 1 is 1.18 bits per heavy atom. The number of nitrogens with zero attached hydrogens (tertiary/aromatic N) is 1. The van der Waals surface area contributed by atoms with Crippen molar-refractivity contribution in [1.29, 1.82) is 0 Å². The number of carbonyl (C=O) groups is 2. The lowest BCUT2D eigenvalue weighted by molar-refractivity contribution is -0.250. The molecule has 0 spiro atoms. The number of anilines is 1. The van der Waals surface area contributed by atoms with Crippen LogP contribution in [0.25, 0.3) is 0 Å². The molecule has 5 nitrogen and oxygen atoms in total. The molecule has 4 rings (SSSR count). The number of ketones is 1. The van der Waals surface area contributed by atoms with E-state index >= 15 is 0 Å². The van der Waals surface area contributed by atoms with Crippen molar-refractivity contribution < 1.29 is 31.7 Å². The predicted molar refractivity (Wildman–Crippen MR) is 120 cm³/mol. The van der Waals surface area contributed by atoms with Crippen LogP contribution in [0.1, 0.15) is 27.9 Å². The highest BCUT2D eigenvalue weighted by Crippen LogP contribution is 2.48. The van der Waals surface area contributed by atoms with E-state index in [-0.39, 0.29) is 39.4 Å². The number of alkyl halides is 3. The van der Waals surface area contributed by atoms with Crippen LogP contribution in [0.3, 0.4) is 0 Å². The number of benzene rings is 2. The van der Waals surface area contributed by atoms with E-state index in [1.165, 1.54) is 24.3 Å². The summed E-state index contributed by atoms with van der Waals surface area (Å²) < 4.78 is 58.8. The van der Waals surface area contributed by atoms with Crippen LogP contribution in [-0.2, 0) is 21.1 Å². The number of aryl methyl sites for hydroxylation is 1. The van der Waals surface area contributed by atoms with Crippen molar-refractivity contribution in [1.82, 2.24) is 0 Å². The van der Waals surface area contributed by atoms with Gasteiger partial charge in [0, 0.05) is 55.6 Å². The molecule has 0 radical (unpaired) electrons. The zero-order valence-corrected chi connectivity index (χ0v) is 19.6. The summed E-state index contributed by atoms with van der Waals surface area (Å²) in [5.74, 6) is 0.927. The number of ether oxygens (including phenoxy) is 1. The molecule has 2 aliphatic rings. The fourth-order valence-electron chi connectivity index (χ4n) is 4.06. The fourth-order valence-corrected chi connectivity index (χ4v) is 5.78. The van der Waals surface area contributed by atoms with Gasteiger partial charge in [0.2, 0.25) is 0 Å². The largest absolute Gasteiger partial charge is 0.434 e. The molecule has 0 aromatic heterocycles. The first kappa shape index (κ1) is 24.0. The van der Waals surface area contributed by atoms with Crippen LogP contribution in [0.5, 0.6) is 0 Å². The van der Waals surface area contributed by atoms with Crippen molar-refractivity contribution in [2.24, 2.45) is 5.92 Å². The van der Waals surface area contributed by atoms with Gasteiger partial charge in [0.15, 0.2) is 5.78 Å². The molecule has 0 bridgehead atoms. The standard InChI is InChI=1S/C22H18Cl2F3NO4S/c1-12-4-17(2-3-18(12)19(29)5-13-9-33(31)10-13)28-11-21(22(25,26)27,32-20(28)30)14-6-15(23)8-16(24)7-14/h2-4,6-8,13H,5,9-11H2,1H3. The van der Waals surface area contributed by atoms with Gasteiger partial charge in [0.25, 0.3) is 5.60 Å². The smallest absolute Gasteiger partial charge is 0.426 e. The molecular weight excluding hydrogens is 502 g/mol. The van der Waals surface area contributed by atoms with Gasteiger partial charge in [-0.1, -0.05) is 23.2 Å². The monoisotopic (exact) mass is 519 g/mol. The zero-order valence-electron chi connectivity index (χ0n) is 17.2. The lowest BCUT2D eigenvalue weighted by atomic mass is 9.92. The van der Waals surface area contributed by atoms with Gasteiger partial charge in [-0.3, -0.25) is 13.9 Å². The number of Topliss-reactive ketones (excluding diaryl/α,β-unsaturated/α-hetero) is 1. The van der Waals surface area contributed by atoms with Crippen molar-refractivity contribution in [3.8, 4) is 0 Å². The molecule has 1 amide bonds. The molecule has 11 heteroatoms. The molecule has 2 fully saturated rings. The molecule has 2 aromatic rings. The molecule has 0 saturated carbocycles. The lowest BCUT2D eigenvalue weighted by Crippen LogP contribution is -2.46. The summed E-state index contributed by atoms with van der Waals surface area (Å²) in [6.45, 7) is 0.803.